The van der Waals surface area contributed by atoms with Gasteiger partial charge in [0.2, 0.25) is 0 Å². The van der Waals surface area contributed by atoms with Crippen LogP contribution in [0.3, 0.4) is 0 Å². The third kappa shape index (κ3) is 3.41. The number of nitro benzene ring substituents is 1. The van der Waals surface area contributed by atoms with Crippen LogP contribution in [0.15, 0.2) is 35.2 Å². The molecule has 0 spiro atoms. The zero-order valence-corrected chi connectivity index (χ0v) is 14.4. The lowest BCUT2D eigenvalue weighted by atomic mass is 10.1. The van der Waals surface area contributed by atoms with Crippen molar-refractivity contribution in [1.29, 1.82) is 0 Å². The summed E-state index contributed by atoms with van der Waals surface area (Å²) in [4.78, 5) is 13.5. The summed E-state index contributed by atoms with van der Waals surface area (Å²) >= 11 is 1.53. The highest BCUT2D eigenvalue weighted by Crippen LogP contribution is 2.34. The van der Waals surface area contributed by atoms with E-state index in [1.54, 1.807) is 6.07 Å². The average Bonchev–Trinajstić information content (AvgIpc) is 3.28. The van der Waals surface area contributed by atoms with Gasteiger partial charge in [0.1, 0.15) is 0 Å². The van der Waals surface area contributed by atoms with Gasteiger partial charge in [-0.2, -0.15) is 16.4 Å². The number of nitrogens with zero attached hydrogens (tertiary/aromatic N) is 4. The minimum absolute atomic E-state index is 0.124. The Labute approximate surface area is 148 Å². The van der Waals surface area contributed by atoms with Gasteiger partial charge in [-0.15, -0.1) is 0 Å². The molecule has 0 unspecified atom stereocenters. The molecule has 3 aromatic rings. The number of hydrogen-bond donors (Lipinski definition) is 0. The summed E-state index contributed by atoms with van der Waals surface area (Å²) in [5, 5.41) is 20.7. The number of morpholine rings is 1. The van der Waals surface area contributed by atoms with E-state index in [9.17, 15) is 10.1 Å². The molecule has 1 aliphatic rings. The lowest BCUT2D eigenvalue weighted by molar-refractivity contribution is -0.384. The second-order valence-electron chi connectivity index (χ2n) is 6.04. The smallest absolute Gasteiger partial charge is 0.278 e. The third-order valence-electron chi connectivity index (χ3n) is 4.45. The van der Waals surface area contributed by atoms with E-state index < -0.39 is 0 Å². The summed E-state index contributed by atoms with van der Waals surface area (Å²) in [6.45, 7) is 5.09. The molecule has 130 valence electrons. The molecule has 1 saturated heterocycles. The van der Waals surface area contributed by atoms with Crippen LogP contribution in [0.4, 0.5) is 5.69 Å². The quantitative estimate of drug-likeness (QED) is 0.518. The second-order valence-corrected chi connectivity index (χ2v) is 6.82. The Morgan fingerprint density at radius 1 is 1.28 bits per heavy atom. The summed E-state index contributed by atoms with van der Waals surface area (Å²) in [6, 6.07) is 5.34. The van der Waals surface area contributed by atoms with Crippen molar-refractivity contribution in [1.82, 2.24) is 14.7 Å². The van der Waals surface area contributed by atoms with Gasteiger partial charge < -0.3 is 4.74 Å². The van der Waals surface area contributed by atoms with Crippen molar-refractivity contribution in [2.24, 2.45) is 0 Å². The Morgan fingerprint density at radius 3 is 2.84 bits per heavy atom. The van der Waals surface area contributed by atoms with Gasteiger partial charge in [0.25, 0.3) is 5.69 Å². The van der Waals surface area contributed by atoms with E-state index in [1.165, 1.54) is 11.3 Å². The maximum atomic E-state index is 11.5. The normalized spacial score (nSPS) is 15.7. The predicted molar refractivity (Wildman–Crippen MR) is 97.0 cm³/mol. The Hall–Kier alpha value is -2.29. The van der Waals surface area contributed by atoms with Crippen molar-refractivity contribution in [3.05, 3.63) is 45.3 Å². The highest BCUT2D eigenvalue weighted by molar-refractivity contribution is 7.08. The Morgan fingerprint density at radius 2 is 2.12 bits per heavy atom. The fourth-order valence-corrected chi connectivity index (χ4v) is 3.75. The number of aromatic nitrogens is 2. The number of thiophene rings is 1. The minimum atomic E-state index is -0.322. The molecule has 1 aliphatic heterocycles. The number of ether oxygens (including phenoxy) is 1. The van der Waals surface area contributed by atoms with E-state index >= 15 is 0 Å². The van der Waals surface area contributed by atoms with Crippen molar-refractivity contribution >= 4 is 27.9 Å². The van der Waals surface area contributed by atoms with Crippen LogP contribution in [0.2, 0.25) is 0 Å². The summed E-state index contributed by atoms with van der Waals surface area (Å²) in [6.07, 6.45) is 1.89. The van der Waals surface area contributed by atoms with Crippen LogP contribution >= 0.6 is 11.3 Å². The number of nitro groups is 1. The van der Waals surface area contributed by atoms with Gasteiger partial charge >= 0.3 is 0 Å². The first-order valence-electron chi connectivity index (χ1n) is 8.19. The van der Waals surface area contributed by atoms with Crippen molar-refractivity contribution in [3.8, 4) is 11.1 Å². The predicted octanol–water partition coefficient (Wildman–Crippen LogP) is 3.01. The summed E-state index contributed by atoms with van der Waals surface area (Å²) in [7, 11) is 0. The van der Waals surface area contributed by atoms with Crippen molar-refractivity contribution in [2.75, 3.05) is 32.8 Å². The van der Waals surface area contributed by atoms with Crippen LogP contribution in [0.1, 0.15) is 0 Å². The van der Waals surface area contributed by atoms with E-state index in [0.29, 0.717) is 5.56 Å². The molecule has 0 saturated carbocycles. The molecule has 0 amide bonds. The molecule has 0 aliphatic carbocycles. The maximum absolute atomic E-state index is 11.5. The first-order valence-corrected chi connectivity index (χ1v) is 9.13. The van der Waals surface area contributed by atoms with E-state index in [2.05, 4.69) is 10.00 Å². The van der Waals surface area contributed by atoms with Gasteiger partial charge in [-0.05, 0) is 28.5 Å². The molecule has 4 rings (SSSR count). The second kappa shape index (κ2) is 6.91. The number of hydrogen-bond acceptors (Lipinski definition) is 6. The first kappa shape index (κ1) is 16.2. The fourth-order valence-electron chi connectivity index (χ4n) is 3.09. The molecular weight excluding hydrogens is 340 g/mol. The lowest BCUT2D eigenvalue weighted by Gasteiger charge is -2.26. The largest absolute Gasteiger partial charge is 0.379 e. The molecule has 2 aromatic heterocycles. The molecule has 1 aromatic carbocycles. The van der Waals surface area contributed by atoms with Gasteiger partial charge in [0.15, 0.2) is 0 Å². The van der Waals surface area contributed by atoms with Crippen molar-refractivity contribution in [3.63, 3.8) is 0 Å². The zero-order chi connectivity index (χ0) is 17.2. The standard InChI is InChI=1S/C17H18N4O3S/c22-21(23)17-9-14-11-20(3-2-19-4-6-24-7-5-19)18-16(14)10-15(17)13-1-8-25-12-13/h1,8-12H,2-7H2. The fraction of sp³-hybridized carbons (Fsp3) is 0.353. The number of benzene rings is 1. The van der Waals surface area contributed by atoms with Crippen molar-refractivity contribution < 1.29 is 9.66 Å². The lowest BCUT2D eigenvalue weighted by Crippen LogP contribution is -2.38. The molecule has 0 radical (unpaired) electrons. The highest BCUT2D eigenvalue weighted by atomic mass is 32.1. The van der Waals surface area contributed by atoms with Crippen molar-refractivity contribution in [2.45, 2.75) is 6.54 Å². The van der Waals surface area contributed by atoms with Gasteiger partial charge in [-0.25, -0.2) is 0 Å². The van der Waals surface area contributed by atoms with Gasteiger partial charge in [0, 0.05) is 37.3 Å². The van der Waals surface area contributed by atoms with Crippen LogP contribution in [-0.2, 0) is 11.3 Å². The average molecular weight is 358 g/mol. The number of rotatable bonds is 5. The molecule has 25 heavy (non-hydrogen) atoms. The molecule has 0 N–H and O–H groups in total. The zero-order valence-electron chi connectivity index (χ0n) is 13.6. The van der Waals surface area contributed by atoms with Gasteiger partial charge in [-0.3, -0.25) is 19.7 Å². The molecular formula is C17H18N4O3S. The van der Waals surface area contributed by atoms with E-state index in [-0.39, 0.29) is 10.6 Å². The Kier molecular flexibility index (Phi) is 4.48. The van der Waals surface area contributed by atoms with Crippen LogP contribution in [0.5, 0.6) is 0 Å². The van der Waals surface area contributed by atoms with Crippen LogP contribution in [0.25, 0.3) is 22.0 Å². The SMILES string of the molecule is O=[N+]([O-])c1cc2cn(CCN3CCOCC3)nc2cc1-c1ccsc1. The van der Waals surface area contributed by atoms with Crippen LogP contribution < -0.4 is 0 Å². The molecule has 0 atom stereocenters. The highest BCUT2D eigenvalue weighted by Gasteiger charge is 2.19. The Bertz CT molecular complexity index is 885. The first-order chi connectivity index (χ1) is 12.2. The monoisotopic (exact) mass is 358 g/mol. The van der Waals surface area contributed by atoms with Crippen LogP contribution in [-0.4, -0.2) is 52.5 Å². The number of fused-ring (bicyclic) bond motifs is 1. The van der Waals surface area contributed by atoms with Gasteiger partial charge in [-0.1, -0.05) is 0 Å². The summed E-state index contributed by atoms with van der Waals surface area (Å²) < 4.78 is 7.23. The van der Waals surface area contributed by atoms with Gasteiger partial charge in [0.05, 0.1) is 35.8 Å². The Balaban J connectivity index is 1.62. The van der Waals surface area contributed by atoms with E-state index in [4.69, 9.17) is 4.74 Å². The summed E-state index contributed by atoms with van der Waals surface area (Å²) in [5.74, 6) is 0. The maximum Gasteiger partial charge on any atom is 0.278 e. The minimum Gasteiger partial charge on any atom is -0.379 e. The molecule has 1 fully saturated rings. The molecule has 7 nitrogen and oxygen atoms in total. The molecule has 3 heterocycles. The third-order valence-corrected chi connectivity index (χ3v) is 5.13. The topological polar surface area (TPSA) is 73.4 Å². The molecule has 0 bridgehead atoms. The molecule has 8 heteroatoms. The van der Waals surface area contributed by atoms with E-state index in [1.807, 2.05) is 33.8 Å². The van der Waals surface area contributed by atoms with E-state index in [0.717, 1.165) is 55.9 Å². The summed E-state index contributed by atoms with van der Waals surface area (Å²) in [5.41, 5.74) is 2.39. The van der Waals surface area contributed by atoms with Crippen LogP contribution in [0, 0.1) is 10.1 Å².